The van der Waals surface area contributed by atoms with Crippen LogP contribution in [-0.2, 0) is 4.74 Å². The number of hydrogen-bond acceptors (Lipinski definition) is 7. The van der Waals surface area contributed by atoms with Crippen LogP contribution >= 0.6 is 23.4 Å². The van der Waals surface area contributed by atoms with Gasteiger partial charge in [0.15, 0.2) is 16.1 Å². The first kappa shape index (κ1) is 29.2. The van der Waals surface area contributed by atoms with Gasteiger partial charge in [0.1, 0.15) is 5.69 Å². The minimum absolute atomic E-state index is 0.0566. The van der Waals surface area contributed by atoms with Crippen molar-refractivity contribution in [1.82, 2.24) is 9.97 Å². The molecule has 0 spiro atoms. The third-order valence-electron chi connectivity index (χ3n) is 4.54. The van der Waals surface area contributed by atoms with Crippen molar-refractivity contribution < 1.29 is 9.84 Å². The minimum atomic E-state index is 0.0566. The first-order valence-corrected chi connectivity index (χ1v) is 12.5. The monoisotopic (exact) mass is 462 g/mol. The summed E-state index contributed by atoms with van der Waals surface area (Å²) in [7, 11) is 0. The Morgan fingerprint density at radius 3 is 2.40 bits per heavy atom. The summed E-state index contributed by atoms with van der Waals surface area (Å²) in [5.74, 6) is 1.55. The molecule has 2 rings (SSSR count). The van der Waals surface area contributed by atoms with Gasteiger partial charge in [0, 0.05) is 11.8 Å². The van der Waals surface area contributed by atoms with Crippen LogP contribution in [0.15, 0.2) is 5.16 Å². The standard InChI is InChI=1S/C14H23ClN4O2S.C6H14.C2H6/c1-2-7-22-14-18-12(15)11(16)13(19-14)17-9-3-4-10(8-9)21-6-5-20;1-5-6(2,3)4;1-2/h9-10,20H,2-8,16H2,1H3,(H,17,18,19);5H2,1-4H3;1-2H3. The molecular weight excluding hydrogens is 420 g/mol. The zero-order chi connectivity index (χ0) is 23.2. The van der Waals surface area contributed by atoms with E-state index < -0.39 is 0 Å². The van der Waals surface area contributed by atoms with Crippen molar-refractivity contribution in [3.05, 3.63) is 5.15 Å². The summed E-state index contributed by atoms with van der Waals surface area (Å²) in [5.41, 5.74) is 6.91. The molecule has 1 saturated carbocycles. The van der Waals surface area contributed by atoms with E-state index in [4.69, 9.17) is 27.2 Å². The number of nitrogens with zero attached hydrogens (tertiary/aromatic N) is 2. The van der Waals surface area contributed by atoms with Crippen molar-refractivity contribution >= 4 is 34.9 Å². The highest BCUT2D eigenvalue weighted by atomic mass is 35.5. The van der Waals surface area contributed by atoms with E-state index in [2.05, 4.69) is 49.9 Å². The molecule has 6 nitrogen and oxygen atoms in total. The molecule has 0 saturated heterocycles. The van der Waals surface area contributed by atoms with E-state index in [0.717, 1.165) is 31.4 Å². The zero-order valence-corrected chi connectivity index (χ0v) is 21.5. The number of thioether (sulfide) groups is 1. The molecule has 1 aromatic heterocycles. The normalized spacial score (nSPS) is 18.2. The molecule has 8 heteroatoms. The Labute approximate surface area is 193 Å². The van der Waals surface area contributed by atoms with Crippen LogP contribution in [0.3, 0.4) is 0 Å². The minimum Gasteiger partial charge on any atom is -0.394 e. The highest BCUT2D eigenvalue weighted by Gasteiger charge is 2.26. The number of nitrogens with two attached hydrogens (primary N) is 1. The first-order chi connectivity index (χ1) is 14.2. The second-order valence-corrected chi connectivity index (χ2v) is 9.61. The predicted octanol–water partition coefficient (Wildman–Crippen LogP) is 6.02. The highest BCUT2D eigenvalue weighted by Crippen LogP contribution is 2.31. The van der Waals surface area contributed by atoms with Gasteiger partial charge >= 0.3 is 0 Å². The van der Waals surface area contributed by atoms with Gasteiger partial charge in [-0.25, -0.2) is 9.97 Å². The molecule has 0 bridgehead atoms. The van der Waals surface area contributed by atoms with Crippen LogP contribution in [0.4, 0.5) is 11.5 Å². The van der Waals surface area contributed by atoms with Crippen LogP contribution < -0.4 is 11.1 Å². The number of ether oxygens (including phenoxy) is 1. The lowest BCUT2D eigenvalue weighted by Crippen LogP contribution is -2.20. The van der Waals surface area contributed by atoms with Crippen LogP contribution in [0.25, 0.3) is 0 Å². The van der Waals surface area contributed by atoms with Crippen molar-refractivity contribution in [2.24, 2.45) is 5.41 Å². The number of aromatic nitrogens is 2. The average Bonchev–Trinajstić information content (AvgIpc) is 3.17. The van der Waals surface area contributed by atoms with Crippen LogP contribution in [0.2, 0.25) is 5.15 Å². The van der Waals surface area contributed by atoms with Crippen molar-refractivity contribution in [2.45, 2.75) is 97.9 Å². The molecule has 0 amide bonds. The number of aliphatic hydroxyl groups is 1. The number of anilines is 2. The van der Waals surface area contributed by atoms with Crippen molar-refractivity contribution in [3.63, 3.8) is 0 Å². The van der Waals surface area contributed by atoms with Gasteiger partial charge in [0.05, 0.1) is 19.3 Å². The fourth-order valence-corrected chi connectivity index (χ4v) is 3.34. The molecule has 1 heterocycles. The van der Waals surface area contributed by atoms with E-state index in [1.54, 1.807) is 11.8 Å². The number of rotatable bonds is 8. The fourth-order valence-electron chi connectivity index (χ4n) is 2.43. The molecule has 0 radical (unpaired) electrons. The van der Waals surface area contributed by atoms with Gasteiger partial charge in [-0.15, -0.1) is 0 Å². The molecule has 30 heavy (non-hydrogen) atoms. The molecule has 4 N–H and O–H groups in total. The Kier molecular flexibility index (Phi) is 15.6. The lowest BCUT2D eigenvalue weighted by Gasteiger charge is -2.16. The first-order valence-electron chi connectivity index (χ1n) is 11.1. The van der Waals surface area contributed by atoms with Gasteiger partial charge in [0.2, 0.25) is 0 Å². The summed E-state index contributed by atoms with van der Waals surface area (Å²) in [6, 6.07) is 0.251. The van der Waals surface area contributed by atoms with Crippen molar-refractivity contribution in [3.8, 4) is 0 Å². The summed E-state index contributed by atoms with van der Waals surface area (Å²) in [4.78, 5) is 8.67. The lowest BCUT2D eigenvalue weighted by molar-refractivity contribution is 0.0326. The van der Waals surface area contributed by atoms with Crippen molar-refractivity contribution in [1.29, 1.82) is 0 Å². The van der Waals surface area contributed by atoms with Gasteiger partial charge in [-0.1, -0.05) is 78.2 Å². The summed E-state index contributed by atoms with van der Waals surface area (Å²) < 4.78 is 5.57. The average molecular weight is 463 g/mol. The fraction of sp³-hybridized carbons (Fsp3) is 0.818. The molecule has 1 aliphatic carbocycles. The third-order valence-corrected chi connectivity index (χ3v) is 5.89. The summed E-state index contributed by atoms with van der Waals surface area (Å²) in [5, 5.41) is 13.1. The Bertz CT molecular complexity index is 585. The van der Waals surface area contributed by atoms with E-state index in [9.17, 15) is 0 Å². The van der Waals surface area contributed by atoms with Crippen molar-refractivity contribution in [2.75, 3.05) is 30.0 Å². The molecule has 2 atom stereocenters. The van der Waals surface area contributed by atoms with Crippen LogP contribution in [0.1, 0.15) is 80.6 Å². The Morgan fingerprint density at radius 1 is 1.23 bits per heavy atom. The molecule has 0 aliphatic heterocycles. The Balaban J connectivity index is 0.000000905. The molecule has 0 aromatic carbocycles. The van der Waals surface area contributed by atoms with Gasteiger partial charge in [-0.2, -0.15) is 0 Å². The maximum Gasteiger partial charge on any atom is 0.191 e. The SMILES string of the molecule is CC.CCC(C)(C)C.CCCSc1nc(Cl)c(N)c(NC2CCC(OCCO)C2)n1. The van der Waals surface area contributed by atoms with Gasteiger partial charge < -0.3 is 20.9 Å². The molecule has 2 unspecified atom stereocenters. The smallest absolute Gasteiger partial charge is 0.191 e. The van der Waals surface area contributed by atoms with Gasteiger partial charge in [-0.05, 0) is 31.1 Å². The van der Waals surface area contributed by atoms with Crippen LogP contribution in [0.5, 0.6) is 0 Å². The maximum absolute atomic E-state index is 8.80. The van der Waals surface area contributed by atoms with E-state index in [1.807, 2.05) is 13.8 Å². The number of hydrogen-bond donors (Lipinski definition) is 3. The number of halogens is 1. The second kappa shape index (κ2) is 16.0. The Hall–Kier alpha value is -0.760. The van der Waals surface area contributed by atoms with Gasteiger partial charge in [0.25, 0.3) is 0 Å². The number of aliphatic hydroxyl groups excluding tert-OH is 1. The summed E-state index contributed by atoms with van der Waals surface area (Å²) in [6.07, 6.45) is 5.32. The Morgan fingerprint density at radius 2 is 1.87 bits per heavy atom. The zero-order valence-electron chi connectivity index (χ0n) is 19.9. The van der Waals surface area contributed by atoms with E-state index >= 15 is 0 Å². The van der Waals surface area contributed by atoms with Crippen LogP contribution in [-0.4, -0.2) is 46.2 Å². The highest BCUT2D eigenvalue weighted by molar-refractivity contribution is 7.99. The largest absolute Gasteiger partial charge is 0.394 e. The second-order valence-electron chi connectivity index (χ2n) is 8.19. The molecule has 1 fully saturated rings. The maximum atomic E-state index is 8.80. The number of nitrogen functional groups attached to an aromatic ring is 1. The molecule has 1 aliphatic rings. The van der Waals surface area contributed by atoms with Crippen LogP contribution in [0, 0.1) is 5.41 Å². The molecule has 176 valence electrons. The molecular formula is C22H43ClN4O2S. The van der Waals surface area contributed by atoms with E-state index in [-0.39, 0.29) is 18.8 Å². The summed E-state index contributed by atoms with van der Waals surface area (Å²) in [6.45, 7) is 15.5. The quantitative estimate of drug-likeness (QED) is 0.247. The summed E-state index contributed by atoms with van der Waals surface area (Å²) >= 11 is 7.67. The van der Waals surface area contributed by atoms with E-state index in [1.165, 1.54) is 6.42 Å². The number of nitrogens with one attached hydrogen (secondary N) is 1. The third kappa shape index (κ3) is 12.2. The molecule has 1 aromatic rings. The predicted molar refractivity (Wildman–Crippen MR) is 132 cm³/mol. The lowest BCUT2D eigenvalue weighted by atomic mass is 9.94. The van der Waals surface area contributed by atoms with Gasteiger partial charge in [-0.3, -0.25) is 0 Å². The topological polar surface area (TPSA) is 93.3 Å². The van der Waals surface area contributed by atoms with E-state index in [0.29, 0.717) is 33.8 Å².